The zero-order chi connectivity index (χ0) is 16.4. The number of likely N-dealkylation sites (N-methyl/N-ethyl adjacent to an activating group) is 1. The summed E-state index contributed by atoms with van der Waals surface area (Å²) < 4.78 is 25.6. The molecular weight excluding hydrogens is 330 g/mol. The Bertz CT molecular complexity index is 818. The van der Waals surface area contributed by atoms with Gasteiger partial charge in [0.15, 0.2) is 0 Å². The molecule has 3 nitrogen and oxygen atoms in total. The van der Waals surface area contributed by atoms with E-state index in [0.29, 0.717) is 15.8 Å². The third-order valence-corrected chi connectivity index (χ3v) is 6.40. The molecule has 0 fully saturated rings. The van der Waals surface area contributed by atoms with Crippen LogP contribution >= 0.6 is 11.6 Å². The van der Waals surface area contributed by atoms with Crippen LogP contribution in [-0.4, -0.2) is 22.0 Å². The van der Waals surface area contributed by atoms with E-state index in [0.717, 1.165) is 31.4 Å². The molecular formula is C18H20ClNO2S. The van der Waals surface area contributed by atoms with Crippen molar-refractivity contribution in [3.63, 3.8) is 0 Å². The van der Waals surface area contributed by atoms with Crippen LogP contribution in [0.25, 0.3) is 0 Å². The minimum Gasteiger partial charge on any atom is -0.319 e. The molecule has 1 atom stereocenters. The van der Waals surface area contributed by atoms with Crippen molar-refractivity contribution in [3.05, 3.63) is 58.6 Å². The van der Waals surface area contributed by atoms with Gasteiger partial charge < -0.3 is 5.32 Å². The lowest BCUT2D eigenvalue weighted by atomic mass is 9.83. The average Bonchev–Trinajstić information content (AvgIpc) is 2.55. The first-order chi connectivity index (χ1) is 11.0. The number of nitrogens with one attached hydrogen (secondary N) is 1. The first-order valence-electron chi connectivity index (χ1n) is 7.80. The molecule has 1 aliphatic rings. The zero-order valence-corrected chi connectivity index (χ0v) is 14.6. The fourth-order valence-electron chi connectivity index (χ4n) is 3.29. The molecule has 122 valence electrons. The van der Waals surface area contributed by atoms with Crippen LogP contribution < -0.4 is 5.32 Å². The second-order valence-electron chi connectivity index (χ2n) is 5.97. The number of sulfone groups is 1. The van der Waals surface area contributed by atoms with E-state index in [1.54, 1.807) is 24.3 Å². The maximum atomic E-state index is 12.8. The Balaban J connectivity index is 2.01. The molecule has 0 bridgehead atoms. The van der Waals surface area contributed by atoms with Gasteiger partial charge in [-0.1, -0.05) is 23.7 Å². The van der Waals surface area contributed by atoms with Crippen LogP contribution in [0.5, 0.6) is 0 Å². The van der Waals surface area contributed by atoms with E-state index >= 15 is 0 Å². The van der Waals surface area contributed by atoms with Crippen molar-refractivity contribution in [2.45, 2.75) is 35.0 Å². The SMILES string of the molecule is CNCC1CCCc2cc(S(=O)(=O)c3cccc(Cl)c3)ccc21. The third-order valence-electron chi connectivity index (χ3n) is 4.42. The topological polar surface area (TPSA) is 46.2 Å². The molecule has 1 N–H and O–H groups in total. The number of hydrogen-bond acceptors (Lipinski definition) is 3. The van der Waals surface area contributed by atoms with E-state index in [-0.39, 0.29) is 4.90 Å². The monoisotopic (exact) mass is 349 g/mol. The van der Waals surface area contributed by atoms with E-state index in [4.69, 9.17) is 11.6 Å². The van der Waals surface area contributed by atoms with Crippen LogP contribution in [0.3, 0.4) is 0 Å². The Labute approximate surface area is 142 Å². The van der Waals surface area contributed by atoms with Gasteiger partial charge in [-0.05, 0) is 73.7 Å². The Kier molecular flexibility index (Phi) is 4.76. The van der Waals surface area contributed by atoms with Gasteiger partial charge in [0.1, 0.15) is 0 Å². The summed E-state index contributed by atoms with van der Waals surface area (Å²) in [7, 11) is -1.57. The summed E-state index contributed by atoms with van der Waals surface area (Å²) in [5, 5.41) is 3.65. The molecule has 5 heteroatoms. The summed E-state index contributed by atoms with van der Waals surface area (Å²) >= 11 is 5.94. The fraction of sp³-hybridized carbons (Fsp3) is 0.333. The van der Waals surface area contributed by atoms with Crippen LogP contribution in [0.2, 0.25) is 5.02 Å². The highest BCUT2D eigenvalue weighted by atomic mass is 35.5. The van der Waals surface area contributed by atoms with E-state index in [2.05, 4.69) is 5.32 Å². The molecule has 0 saturated carbocycles. The first kappa shape index (κ1) is 16.5. The number of benzene rings is 2. The highest BCUT2D eigenvalue weighted by Gasteiger charge is 2.24. The molecule has 1 unspecified atom stereocenters. The highest BCUT2D eigenvalue weighted by Crippen LogP contribution is 2.34. The van der Waals surface area contributed by atoms with Gasteiger partial charge in [0, 0.05) is 11.6 Å². The van der Waals surface area contributed by atoms with Crippen LogP contribution in [0, 0.1) is 0 Å². The van der Waals surface area contributed by atoms with Crippen LogP contribution in [0.1, 0.15) is 29.9 Å². The molecule has 0 aromatic heterocycles. The number of fused-ring (bicyclic) bond motifs is 1. The highest BCUT2D eigenvalue weighted by molar-refractivity contribution is 7.91. The molecule has 23 heavy (non-hydrogen) atoms. The third kappa shape index (κ3) is 3.30. The summed E-state index contributed by atoms with van der Waals surface area (Å²) in [5.41, 5.74) is 2.43. The number of hydrogen-bond donors (Lipinski definition) is 1. The number of halogens is 1. The quantitative estimate of drug-likeness (QED) is 0.912. The Morgan fingerprint density at radius 2 is 1.96 bits per heavy atom. The molecule has 0 spiro atoms. The van der Waals surface area contributed by atoms with Crippen molar-refractivity contribution in [3.8, 4) is 0 Å². The smallest absolute Gasteiger partial charge is 0.206 e. The second kappa shape index (κ2) is 6.63. The van der Waals surface area contributed by atoms with Crippen LogP contribution in [-0.2, 0) is 16.3 Å². The van der Waals surface area contributed by atoms with Crippen LogP contribution in [0.4, 0.5) is 0 Å². The molecule has 0 aliphatic heterocycles. The predicted molar refractivity (Wildman–Crippen MR) is 93.0 cm³/mol. The summed E-state index contributed by atoms with van der Waals surface area (Å²) in [6, 6.07) is 12.0. The van der Waals surface area contributed by atoms with Gasteiger partial charge in [0.25, 0.3) is 0 Å². The largest absolute Gasteiger partial charge is 0.319 e. The van der Waals surface area contributed by atoms with Gasteiger partial charge in [0.05, 0.1) is 9.79 Å². The molecule has 1 aliphatic carbocycles. The first-order valence-corrected chi connectivity index (χ1v) is 9.66. The lowest BCUT2D eigenvalue weighted by Gasteiger charge is -2.25. The standard InChI is InChI=1S/C18H20ClNO2S/c1-20-12-14-5-2-4-13-10-17(8-9-18(13)14)23(21,22)16-7-3-6-15(19)11-16/h3,6-11,14,20H,2,4-5,12H2,1H3. The molecule has 0 amide bonds. The molecule has 2 aromatic carbocycles. The van der Waals surface area contributed by atoms with Crippen molar-refractivity contribution in [2.24, 2.45) is 0 Å². The van der Waals surface area contributed by atoms with Crippen molar-refractivity contribution >= 4 is 21.4 Å². The summed E-state index contributed by atoms with van der Waals surface area (Å²) in [6.07, 6.45) is 3.18. The Hall–Kier alpha value is -1.36. The van der Waals surface area contributed by atoms with E-state index in [1.807, 2.05) is 19.2 Å². The normalized spacial score (nSPS) is 17.7. The fourth-order valence-corrected chi connectivity index (χ4v) is 4.90. The van der Waals surface area contributed by atoms with E-state index < -0.39 is 9.84 Å². The van der Waals surface area contributed by atoms with Crippen molar-refractivity contribution < 1.29 is 8.42 Å². The number of rotatable bonds is 4. The number of aryl methyl sites for hydroxylation is 1. The minimum atomic E-state index is -3.52. The van der Waals surface area contributed by atoms with E-state index in [1.165, 1.54) is 11.6 Å². The van der Waals surface area contributed by atoms with Crippen LogP contribution in [0.15, 0.2) is 52.3 Å². The summed E-state index contributed by atoms with van der Waals surface area (Å²) in [5.74, 6) is 0.465. The maximum Gasteiger partial charge on any atom is 0.206 e. The van der Waals surface area contributed by atoms with Gasteiger partial charge in [-0.3, -0.25) is 0 Å². The van der Waals surface area contributed by atoms with Gasteiger partial charge in [-0.25, -0.2) is 8.42 Å². The van der Waals surface area contributed by atoms with Gasteiger partial charge in [-0.2, -0.15) is 0 Å². The average molecular weight is 350 g/mol. The second-order valence-corrected chi connectivity index (χ2v) is 8.35. The van der Waals surface area contributed by atoms with Gasteiger partial charge in [0.2, 0.25) is 9.84 Å². The lowest BCUT2D eigenvalue weighted by molar-refractivity contribution is 0.527. The Morgan fingerprint density at radius 1 is 1.17 bits per heavy atom. The molecule has 0 saturated heterocycles. The van der Waals surface area contributed by atoms with E-state index in [9.17, 15) is 8.42 Å². The molecule has 3 rings (SSSR count). The summed E-state index contributed by atoms with van der Waals surface area (Å²) in [4.78, 5) is 0.594. The minimum absolute atomic E-state index is 0.243. The molecule has 0 radical (unpaired) electrons. The predicted octanol–water partition coefficient (Wildman–Crippen LogP) is 3.81. The molecule has 0 heterocycles. The summed E-state index contributed by atoms with van der Waals surface area (Å²) in [6.45, 7) is 0.924. The maximum absolute atomic E-state index is 12.8. The molecule has 2 aromatic rings. The van der Waals surface area contributed by atoms with Gasteiger partial charge in [-0.15, -0.1) is 0 Å². The van der Waals surface area contributed by atoms with Gasteiger partial charge >= 0.3 is 0 Å². The zero-order valence-electron chi connectivity index (χ0n) is 13.0. The van der Waals surface area contributed by atoms with Crippen molar-refractivity contribution in [2.75, 3.05) is 13.6 Å². The lowest BCUT2D eigenvalue weighted by Crippen LogP contribution is -2.21. The Morgan fingerprint density at radius 3 is 2.70 bits per heavy atom. The van der Waals surface area contributed by atoms with Crippen molar-refractivity contribution in [1.29, 1.82) is 0 Å². The van der Waals surface area contributed by atoms with Crippen molar-refractivity contribution in [1.82, 2.24) is 5.32 Å².